The van der Waals surface area contributed by atoms with Crippen molar-refractivity contribution in [3.05, 3.63) is 6.07 Å². The van der Waals surface area contributed by atoms with Gasteiger partial charge in [0.1, 0.15) is 11.6 Å². The van der Waals surface area contributed by atoms with Crippen LogP contribution in [0.1, 0.15) is 33.6 Å². The molecule has 5 nitrogen and oxygen atoms in total. The van der Waals surface area contributed by atoms with Crippen LogP contribution in [0.2, 0.25) is 0 Å². The first kappa shape index (κ1) is 15.4. The molecule has 1 aliphatic heterocycles. The molecule has 2 unspecified atom stereocenters. The Bertz CT molecular complexity index is 457. The van der Waals surface area contributed by atoms with Crippen molar-refractivity contribution in [3.8, 4) is 0 Å². The highest BCUT2D eigenvalue weighted by Crippen LogP contribution is 2.30. The standard InChI is InChI=1S/C14H24N4OS/c1-5-7-15-11-9-12(17-13(16-11)20-4)18-14(3)6-8-19-10(14)2/h9-10H,5-8H2,1-4H3,(H2,15,16,17,18). The van der Waals surface area contributed by atoms with Crippen molar-refractivity contribution in [1.29, 1.82) is 0 Å². The van der Waals surface area contributed by atoms with E-state index in [0.29, 0.717) is 0 Å². The minimum atomic E-state index is -0.0634. The van der Waals surface area contributed by atoms with Gasteiger partial charge in [0.25, 0.3) is 0 Å². The van der Waals surface area contributed by atoms with Gasteiger partial charge in [-0.05, 0) is 32.9 Å². The van der Waals surface area contributed by atoms with Crippen molar-refractivity contribution >= 4 is 23.4 Å². The van der Waals surface area contributed by atoms with Crippen LogP contribution in [0.3, 0.4) is 0 Å². The smallest absolute Gasteiger partial charge is 0.191 e. The molecule has 20 heavy (non-hydrogen) atoms. The third-order valence-electron chi connectivity index (χ3n) is 3.74. The van der Waals surface area contributed by atoms with E-state index >= 15 is 0 Å². The maximum Gasteiger partial charge on any atom is 0.191 e. The molecule has 1 aromatic rings. The third-order valence-corrected chi connectivity index (χ3v) is 4.29. The van der Waals surface area contributed by atoms with Crippen molar-refractivity contribution in [1.82, 2.24) is 9.97 Å². The highest BCUT2D eigenvalue weighted by Gasteiger charge is 2.37. The number of hydrogen-bond donors (Lipinski definition) is 2. The van der Waals surface area contributed by atoms with E-state index < -0.39 is 0 Å². The largest absolute Gasteiger partial charge is 0.376 e. The Kier molecular flexibility index (Phi) is 5.10. The normalized spacial score (nSPS) is 25.7. The van der Waals surface area contributed by atoms with Gasteiger partial charge in [0.2, 0.25) is 0 Å². The van der Waals surface area contributed by atoms with Crippen molar-refractivity contribution in [2.75, 3.05) is 30.0 Å². The lowest BCUT2D eigenvalue weighted by molar-refractivity contribution is 0.105. The first-order valence-electron chi connectivity index (χ1n) is 7.14. The van der Waals surface area contributed by atoms with Gasteiger partial charge in [0.05, 0.1) is 11.6 Å². The zero-order chi connectivity index (χ0) is 14.6. The Labute approximate surface area is 125 Å². The molecule has 112 valence electrons. The van der Waals surface area contributed by atoms with E-state index in [1.54, 1.807) is 11.8 Å². The maximum atomic E-state index is 5.67. The fraction of sp³-hybridized carbons (Fsp3) is 0.714. The first-order valence-corrected chi connectivity index (χ1v) is 8.36. The molecule has 0 aromatic carbocycles. The summed E-state index contributed by atoms with van der Waals surface area (Å²) < 4.78 is 5.67. The number of hydrogen-bond acceptors (Lipinski definition) is 6. The maximum absolute atomic E-state index is 5.67. The summed E-state index contributed by atoms with van der Waals surface area (Å²) in [5, 5.41) is 7.63. The third kappa shape index (κ3) is 3.55. The summed E-state index contributed by atoms with van der Waals surface area (Å²) in [6.07, 6.45) is 4.24. The van der Waals surface area contributed by atoms with Crippen LogP contribution in [-0.4, -0.2) is 41.0 Å². The van der Waals surface area contributed by atoms with Crippen LogP contribution in [0.15, 0.2) is 11.2 Å². The molecular weight excluding hydrogens is 272 g/mol. The monoisotopic (exact) mass is 296 g/mol. The summed E-state index contributed by atoms with van der Waals surface area (Å²) in [7, 11) is 0. The number of aromatic nitrogens is 2. The second-order valence-corrected chi connectivity index (χ2v) is 6.13. The summed E-state index contributed by atoms with van der Waals surface area (Å²) >= 11 is 1.55. The van der Waals surface area contributed by atoms with Crippen molar-refractivity contribution < 1.29 is 4.74 Å². The number of anilines is 2. The Morgan fingerprint density at radius 2 is 2.20 bits per heavy atom. The fourth-order valence-corrected chi connectivity index (χ4v) is 2.59. The van der Waals surface area contributed by atoms with Crippen LogP contribution in [-0.2, 0) is 4.74 Å². The van der Waals surface area contributed by atoms with E-state index in [9.17, 15) is 0 Å². The fourth-order valence-electron chi connectivity index (χ4n) is 2.22. The Hall–Kier alpha value is -1.01. The molecule has 2 heterocycles. The van der Waals surface area contributed by atoms with Crippen molar-refractivity contribution in [3.63, 3.8) is 0 Å². The van der Waals surface area contributed by atoms with Gasteiger partial charge in [-0.1, -0.05) is 18.7 Å². The van der Waals surface area contributed by atoms with E-state index in [2.05, 4.69) is 41.4 Å². The Morgan fingerprint density at radius 3 is 2.80 bits per heavy atom. The zero-order valence-corrected chi connectivity index (χ0v) is 13.5. The molecule has 2 N–H and O–H groups in total. The number of rotatable bonds is 6. The lowest BCUT2D eigenvalue weighted by Crippen LogP contribution is -2.41. The molecule has 0 bridgehead atoms. The second-order valence-electron chi connectivity index (χ2n) is 5.36. The van der Waals surface area contributed by atoms with Crippen LogP contribution in [0.5, 0.6) is 0 Å². The van der Waals surface area contributed by atoms with Gasteiger partial charge in [0.15, 0.2) is 5.16 Å². The van der Waals surface area contributed by atoms with Gasteiger partial charge >= 0.3 is 0 Å². The van der Waals surface area contributed by atoms with E-state index in [-0.39, 0.29) is 11.6 Å². The SMILES string of the molecule is CCCNc1cc(NC2(C)CCOC2C)nc(SC)n1. The predicted molar refractivity (Wildman–Crippen MR) is 84.7 cm³/mol. The molecule has 0 amide bonds. The number of nitrogens with zero attached hydrogens (tertiary/aromatic N) is 2. The van der Waals surface area contributed by atoms with Gasteiger partial charge in [-0.15, -0.1) is 0 Å². The number of thioether (sulfide) groups is 1. The zero-order valence-electron chi connectivity index (χ0n) is 12.7. The van der Waals surface area contributed by atoms with Gasteiger partial charge in [-0.25, -0.2) is 9.97 Å². The van der Waals surface area contributed by atoms with Crippen LogP contribution in [0.25, 0.3) is 0 Å². The lowest BCUT2D eigenvalue weighted by Gasteiger charge is -2.29. The highest BCUT2D eigenvalue weighted by molar-refractivity contribution is 7.98. The van der Waals surface area contributed by atoms with E-state index in [1.807, 2.05) is 12.3 Å². The molecule has 0 saturated carbocycles. The minimum Gasteiger partial charge on any atom is -0.376 e. The number of nitrogens with one attached hydrogen (secondary N) is 2. The molecule has 1 fully saturated rings. The average Bonchev–Trinajstić information content (AvgIpc) is 2.75. The summed E-state index contributed by atoms with van der Waals surface area (Å²) in [6, 6.07) is 1.98. The number of ether oxygens (including phenoxy) is 1. The molecule has 2 atom stereocenters. The van der Waals surface area contributed by atoms with Crippen LogP contribution in [0.4, 0.5) is 11.6 Å². The van der Waals surface area contributed by atoms with Crippen molar-refractivity contribution in [2.45, 2.75) is 50.4 Å². The van der Waals surface area contributed by atoms with E-state index in [0.717, 1.165) is 42.8 Å². The minimum absolute atomic E-state index is 0.0634. The average molecular weight is 296 g/mol. The van der Waals surface area contributed by atoms with Gasteiger partial charge in [0, 0.05) is 19.2 Å². The molecular formula is C14H24N4OS. The quantitative estimate of drug-likeness (QED) is 0.621. The summed E-state index contributed by atoms with van der Waals surface area (Å²) in [5.74, 6) is 1.74. The van der Waals surface area contributed by atoms with Crippen LogP contribution < -0.4 is 10.6 Å². The lowest BCUT2D eigenvalue weighted by atomic mass is 9.95. The summed E-state index contributed by atoms with van der Waals surface area (Å²) in [6.45, 7) is 8.14. The molecule has 0 radical (unpaired) electrons. The van der Waals surface area contributed by atoms with Crippen molar-refractivity contribution in [2.24, 2.45) is 0 Å². The summed E-state index contributed by atoms with van der Waals surface area (Å²) in [4.78, 5) is 9.02. The first-order chi connectivity index (χ1) is 9.57. The summed E-state index contributed by atoms with van der Waals surface area (Å²) in [5.41, 5.74) is -0.0634. The molecule has 0 aliphatic carbocycles. The second kappa shape index (κ2) is 6.63. The molecule has 6 heteroatoms. The molecule has 2 rings (SSSR count). The predicted octanol–water partition coefficient (Wildman–Crippen LogP) is 3.00. The Morgan fingerprint density at radius 1 is 1.45 bits per heavy atom. The van der Waals surface area contributed by atoms with Crippen LogP contribution >= 0.6 is 11.8 Å². The highest BCUT2D eigenvalue weighted by atomic mass is 32.2. The topological polar surface area (TPSA) is 59.1 Å². The van der Waals surface area contributed by atoms with Gasteiger partial charge < -0.3 is 15.4 Å². The van der Waals surface area contributed by atoms with E-state index in [4.69, 9.17) is 4.74 Å². The van der Waals surface area contributed by atoms with E-state index in [1.165, 1.54) is 0 Å². The van der Waals surface area contributed by atoms with Gasteiger partial charge in [-0.2, -0.15) is 0 Å². The molecule has 0 spiro atoms. The molecule has 1 saturated heterocycles. The molecule has 1 aliphatic rings. The molecule has 1 aromatic heterocycles. The Balaban J connectivity index is 2.17. The van der Waals surface area contributed by atoms with Crippen LogP contribution in [0, 0.1) is 0 Å². The van der Waals surface area contributed by atoms with Gasteiger partial charge in [-0.3, -0.25) is 0 Å².